The van der Waals surface area contributed by atoms with E-state index in [0.717, 1.165) is 29.3 Å². The number of hydrogen-bond acceptors (Lipinski definition) is 1. The van der Waals surface area contributed by atoms with Crippen LogP contribution in [-0.4, -0.2) is 12.1 Å². The maximum atomic E-state index is 4.09. The van der Waals surface area contributed by atoms with Crippen LogP contribution < -0.4 is 5.32 Å². The van der Waals surface area contributed by atoms with Gasteiger partial charge in [0.15, 0.2) is 0 Å². The molecule has 0 aromatic heterocycles. The Morgan fingerprint density at radius 1 is 0.722 bits per heavy atom. The Hall–Kier alpha value is -0.0400. The van der Waals surface area contributed by atoms with E-state index in [1.165, 1.54) is 64.2 Å². The molecule has 4 aliphatic rings. The first-order valence-electron chi connectivity index (χ1n) is 8.61. The Balaban J connectivity index is 1.31. The number of nitrogens with one attached hydrogen (secondary N) is 1. The predicted molar refractivity (Wildman–Crippen MR) is 75.5 cm³/mol. The van der Waals surface area contributed by atoms with Gasteiger partial charge >= 0.3 is 0 Å². The van der Waals surface area contributed by atoms with Crippen LogP contribution in [0.4, 0.5) is 0 Å². The highest BCUT2D eigenvalue weighted by atomic mass is 15.0. The van der Waals surface area contributed by atoms with Crippen LogP contribution >= 0.6 is 0 Å². The van der Waals surface area contributed by atoms with Crippen LogP contribution in [-0.2, 0) is 0 Å². The van der Waals surface area contributed by atoms with Crippen molar-refractivity contribution in [3.05, 3.63) is 0 Å². The summed E-state index contributed by atoms with van der Waals surface area (Å²) in [6, 6.07) is 1.80. The molecule has 1 N–H and O–H groups in total. The van der Waals surface area contributed by atoms with E-state index in [0.29, 0.717) is 0 Å². The van der Waals surface area contributed by atoms with Crippen molar-refractivity contribution >= 4 is 0 Å². The van der Waals surface area contributed by atoms with E-state index in [4.69, 9.17) is 0 Å². The van der Waals surface area contributed by atoms with Gasteiger partial charge in [-0.15, -0.1) is 0 Å². The Kier molecular flexibility index (Phi) is 2.94. The molecule has 0 aromatic rings. The largest absolute Gasteiger partial charge is 0.311 e. The predicted octanol–water partition coefficient (Wildman–Crippen LogP) is 4.27. The second kappa shape index (κ2) is 4.51. The quantitative estimate of drug-likeness (QED) is 0.782. The Morgan fingerprint density at radius 2 is 1.28 bits per heavy atom. The molecule has 0 atom stereocenters. The lowest BCUT2D eigenvalue weighted by atomic mass is 9.71. The van der Waals surface area contributed by atoms with Gasteiger partial charge in [0.05, 0.1) is 0 Å². The van der Waals surface area contributed by atoms with Gasteiger partial charge in [0, 0.05) is 12.1 Å². The fourth-order valence-corrected chi connectivity index (χ4v) is 4.86. The number of hydrogen-bond donors (Lipinski definition) is 1. The van der Waals surface area contributed by atoms with Crippen LogP contribution in [0.1, 0.15) is 77.0 Å². The average Bonchev–Trinajstić information content (AvgIpc) is 3.30. The molecule has 0 aliphatic heterocycles. The third-order valence-electron chi connectivity index (χ3n) is 6.40. The first-order chi connectivity index (χ1) is 8.85. The first kappa shape index (κ1) is 11.8. The van der Waals surface area contributed by atoms with Gasteiger partial charge in [-0.25, -0.2) is 0 Å². The molecule has 18 heavy (non-hydrogen) atoms. The first-order valence-corrected chi connectivity index (χ1v) is 8.61. The summed E-state index contributed by atoms with van der Waals surface area (Å²) < 4.78 is 0. The summed E-state index contributed by atoms with van der Waals surface area (Å²) in [6.45, 7) is 0. The standard InChI is InChI=1S/C17H29N/c1-2-10-17(9-1)11-7-15(8-12-17)18-16(13-3-4-13)14-5-6-14/h13-16,18H,1-12H2. The normalized spacial score (nSPS) is 32.5. The van der Waals surface area contributed by atoms with Gasteiger partial charge in [0.25, 0.3) is 0 Å². The fourth-order valence-electron chi connectivity index (χ4n) is 4.86. The van der Waals surface area contributed by atoms with Gasteiger partial charge < -0.3 is 5.32 Å². The minimum absolute atomic E-state index is 0.812. The zero-order valence-corrected chi connectivity index (χ0v) is 11.8. The van der Waals surface area contributed by atoms with Gasteiger partial charge in [-0.2, -0.15) is 0 Å². The molecule has 0 amide bonds. The molecular weight excluding hydrogens is 218 g/mol. The van der Waals surface area contributed by atoms with Crippen molar-refractivity contribution in [3.63, 3.8) is 0 Å². The van der Waals surface area contributed by atoms with Gasteiger partial charge in [-0.05, 0) is 81.5 Å². The third-order valence-corrected chi connectivity index (χ3v) is 6.40. The van der Waals surface area contributed by atoms with Crippen molar-refractivity contribution in [2.45, 2.75) is 89.1 Å². The smallest absolute Gasteiger partial charge is 0.0126 e. The van der Waals surface area contributed by atoms with Crippen LogP contribution in [0, 0.1) is 17.3 Å². The zero-order chi connectivity index (χ0) is 12.0. The summed E-state index contributed by atoms with van der Waals surface area (Å²) >= 11 is 0. The fraction of sp³-hybridized carbons (Fsp3) is 1.00. The van der Waals surface area contributed by atoms with Crippen LogP contribution in [0.15, 0.2) is 0 Å². The van der Waals surface area contributed by atoms with E-state index in [2.05, 4.69) is 5.32 Å². The van der Waals surface area contributed by atoms with Crippen molar-refractivity contribution in [1.82, 2.24) is 5.32 Å². The van der Waals surface area contributed by atoms with Gasteiger partial charge in [0.2, 0.25) is 0 Å². The average molecular weight is 247 g/mol. The maximum absolute atomic E-state index is 4.09. The lowest BCUT2D eigenvalue weighted by Gasteiger charge is -2.39. The Bertz CT molecular complexity index is 275. The highest BCUT2D eigenvalue weighted by Gasteiger charge is 2.43. The van der Waals surface area contributed by atoms with E-state index in [9.17, 15) is 0 Å². The van der Waals surface area contributed by atoms with E-state index in [1.807, 2.05) is 0 Å². The SMILES string of the molecule is C1CCC2(C1)CCC(NC(C1CC1)C1CC1)CC2. The third kappa shape index (κ3) is 2.35. The molecule has 0 aromatic carbocycles. The molecule has 1 heteroatoms. The van der Waals surface area contributed by atoms with Crippen molar-refractivity contribution in [3.8, 4) is 0 Å². The Morgan fingerprint density at radius 3 is 1.78 bits per heavy atom. The van der Waals surface area contributed by atoms with E-state index < -0.39 is 0 Å². The maximum Gasteiger partial charge on any atom is 0.0126 e. The van der Waals surface area contributed by atoms with Gasteiger partial charge in [-0.1, -0.05) is 12.8 Å². The van der Waals surface area contributed by atoms with Crippen molar-refractivity contribution < 1.29 is 0 Å². The second-order valence-corrected chi connectivity index (χ2v) is 7.85. The van der Waals surface area contributed by atoms with Crippen LogP contribution in [0.5, 0.6) is 0 Å². The molecular formula is C17H29N. The minimum atomic E-state index is 0.812. The Labute approximate surface area is 112 Å². The number of rotatable bonds is 4. The highest BCUT2D eigenvalue weighted by Crippen LogP contribution is 2.50. The summed E-state index contributed by atoms with van der Waals surface area (Å²) in [6.07, 6.45) is 18.2. The molecule has 102 valence electrons. The topological polar surface area (TPSA) is 12.0 Å². The summed E-state index contributed by atoms with van der Waals surface area (Å²) in [4.78, 5) is 0. The van der Waals surface area contributed by atoms with Crippen molar-refractivity contribution in [1.29, 1.82) is 0 Å². The molecule has 4 rings (SSSR count). The van der Waals surface area contributed by atoms with Crippen LogP contribution in [0.3, 0.4) is 0 Å². The minimum Gasteiger partial charge on any atom is -0.311 e. The summed E-state index contributed by atoms with van der Waals surface area (Å²) in [7, 11) is 0. The molecule has 4 fully saturated rings. The highest BCUT2D eigenvalue weighted by molar-refractivity contribution is 4.99. The molecule has 0 saturated heterocycles. The molecule has 1 nitrogen and oxygen atoms in total. The van der Waals surface area contributed by atoms with Crippen molar-refractivity contribution in [2.24, 2.45) is 17.3 Å². The molecule has 0 unspecified atom stereocenters. The lowest BCUT2D eigenvalue weighted by molar-refractivity contribution is 0.158. The van der Waals surface area contributed by atoms with Crippen LogP contribution in [0.2, 0.25) is 0 Å². The molecule has 0 radical (unpaired) electrons. The molecule has 1 spiro atoms. The van der Waals surface area contributed by atoms with E-state index in [-0.39, 0.29) is 0 Å². The molecule has 4 aliphatic carbocycles. The second-order valence-electron chi connectivity index (χ2n) is 7.85. The van der Waals surface area contributed by atoms with Gasteiger partial charge in [0.1, 0.15) is 0 Å². The van der Waals surface area contributed by atoms with Crippen LogP contribution in [0.25, 0.3) is 0 Å². The van der Waals surface area contributed by atoms with E-state index >= 15 is 0 Å². The summed E-state index contributed by atoms with van der Waals surface area (Å²) in [5, 5.41) is 4.09. The molecule has 4 saturated carbocycles. The molecule has 0 bridgehead atoms. The van der Waals surface area contributed by atoms with Gasteiger partial charge in [-0.3, -0.25) is 0 Å². The van der Waals surface area contributed by atoms with E-state index in [1.54, 1.807) is 12.8 Å². The monoisotopic (exact) mass is 247 g/mol. The summed E-state index contributed by atoms with van der Waals surface area (Å²) in [5.74, 6) is 2.14. The van der Waals surface area contributed by atoms with Crippen molar-refractivity contribution in [2.75, 3.05) is 0 Å². The summed E-state index contributed by atoms with van der Waals surface area (Å²) in [5.41, 5.74) is 0.812. The molecule has 0 heterocycles. The lowest BCUT2D eigenvalue weighted by Crippen LogP contribution is -2.44. The zero-order valence-electron chi connectivity index (χ0n) is 11.8.